The predicted octanol–water partition coefficient (Wildman–Crippen LogP) is -1.02. The minimum Gasteiger partial charge on any atom is -0.360 e. The van der Waals surface area contributed by atoms with Crippen LogP contribution in [0.25, 0.3) is 0 Å². The van der Waals surface area contributed by atoms with Gasteiger partial charge in [0.2, 0.25) is 5.78 Å². The van der Waals surface area contributed by atoms with Crippen LogP contribution in [0.3, 0.4) is 0 Å². The molecule has 0 aliphatic rings. The smallest absolute Gasteiger partial charge is 0.360 e. The number of rotatable bonds is 2. The molecule has 0 spiro atoms. The molecule has 0 aliphatic heterocycles. The minimum absolute atomic E-state index is 0.756. The lowest BCUT2D eigenvalue weighted by molar-refractivity contribution is -0.145. The molecule has 0 unspecified atom stereocenters. The molecule has 0 aliphatic carbocycles. The fraction of sp³-hybridized carbons (Fsp3) is 0.333. The van der Waals surface area contributed by atoms with E-state index < -0.39 is 23.7 Å². The number of carbonyl (C=O) groups is 2. The summed E-state index contributed by atoms with van der Waals surface area (Å²) in [5.74, 6) is -1.84. The Bertz CT molecular complexity index is 129. The Hall–Kier alpha value is -0.710. The van der Waals surface area contributed by atoms with Gasteiger partial charge in [0.15, 0.2) is 11.9 Å². The van der Waals surface area contributed by atoms with Crippen LogP contribution in [-0.4, -0.2) is 16.0 Å². The summed E-state index contributed by atoms with van der Waals surface area (Å²) in [6.45, 7) is 1.04. The minimum atomic E-state index is -1.08. The summed E-state index contributed by atoms with van der Waals surface area (Å²) in [4.78, 5) is 19.9. The van der Waals surface area contributed by atoms with Crippen LogP contribution in [0, 0.1) is 0 Å². The summed E-state index contributed by atoms with van der Waals surface area (Å²) in [5.41, 5.74) is 0. The van der Waals surface area contributed by atoms with Crippen molar-refractivity contribution in [2.24, 2.45) is 0 Å². The second-order valence-electron chi connectivity index (χ2n) is 1.01. The van der Waals surface area contributed by atoms with Gasteiger partial charge >= 0.3 is 5.97 Å². The van der Waals surface area contributed by atoms with Crippen molar-refractivity contribution in [2.75, 3.05) is 0 Å². The number of Topliss-reactive ketones (excluding diaryl/α,β-unsaturated/α-hetero) is 1. The van der Waals surface area contributed by atoms with Gasteiger partial charge in [-0.3, -0.25) is 4.79 Å². The molecule has 0 N–H and O–H groups in total. The number of thiol groups is 1. The van der Waals surface area contributed by atoms with Gasteiger partial charge in [-0.25, -0.2) is 9.00 Å². The maximum Gasteiger partial charge on any atom is 0.388 e. The first-order valence-electron chi connectivity index (χ1n) is 1.73. The molecule has 0 radical (unpaired) electrons. The molecule has 0 aromatic rings. The average molecular weight is 136 g/mol. The van der Waals surface area contributed by atoms with Crippen LogP contribution in [0.4, 0.5) is 0 Å². The van der Waals surface area contributed by atoms with E-state index in [1.165, 1.54) is 0 Å². The van der Waals surface area contributed by atoms with Crippen molar-refractivity contribution >= 4 is 23.7 Å². The molecule has 0 aromatic carbocycles. The molecule has 5 heteroatoms. The number of hydrogen-bond acceptors (Lipinski definition) is 4. The third-order valence-corrected chi connectivity index (χ3v) is 0.648. The van der Waals surface area contributed by atoms with Crippen LogP contribution in [0.1, 0.15) is 6.92 Å². The molecule has 0 bridgehead atoms. The third kappa shape index (κ3) is 2.46. The van der Waals surface area contributed by atoms with Crippen LogP contribution in [-0.2, 0) is 25.7 Å². The first kappa shape index (κ1) is 7.29. The summed E-state index contributed by atoms with van der Waals surface area (Å²) in [6.07, 6.45) is 0. The Morgan fingerprint density at radius 3 is 2.12 bits per heavy atom. The molecule has 0 saturated carbocycles. The molecule has 0 atom stereocenters. The molecule has 0 amide bonds. The van der Waals surface area contributed by atoms with Gasteiger partial charge in [-0.1, -0.05) is 0 Å². The first-order chi connectivity index (χ1) is 3.68. The van der Waals surface area contributed by atoms with E-state index in [4.69, 9.17) is 0 Å². The largest absolute Gasteiger partial charge is 0.388 e. The quantitative estimate of drug-likeness (QED) is 0.390. The van der Waals surface area contributed by atoms with Gasteiger partial charge in [-0.2, -0.15) is 0 Å². The third-order valence-electron chi connectivity index (χ3n) is 0.408. The molecule has 0 fully saturated rings. The van der Waals surface area contributed by atoms with Crippen molar-refractivity contribution in [1.82, 2.24) is 0 Å². The SMILES string of the molecule is CC(=O)C(=O)O[SH]=O. The first-order valence-corrected chi connectivity index (χ1v) is 2.46. The lowest BCUT2D eigenvalue weighted by Gasteiger charge is -1.84. The van der Waals surface area contributed by atoms with Gasteiger partial charge in [0, 0.05) is 6.92 Å². The summed E-state index contributed by atoms with van der Waals surface area (Å²) in [7, 11) is 0. The zero-order valence-corrected chi connectivity index (χ0v) is 4.97. The molecule has 0 saturated heterocycles. The van der Waals surface area contributed by atoms with Crippen LogP contribution >= 0.6 is 0 Å². The van der Waals surface area contributed by atoms with Gasteiger partial charge in [0.1, 0.15) is 0 Å². The van der Waals surface area contributed by atoms with Crippen LogP contribution < -0.4 is 0 Å². The lowest BCUT2D eigenvalue weighted by Crippen LogP contribution is -2.10. The Morgan fingerprint density at radius 1 is 1.50 bits per heavy atom. The summed E-state index contributed by atoms with van der Waals surface area (Å²) >= 11 is -0.786. The monoisotopic (exact) mass is 136 g/mol. The number of hydrogen-bond donors (Lipinski definition) is 1. The van der Waals surface area contributed by atoms with Crippen molar-refractivity contribution in [2.45, 2.75) is 6.92 Å². The highest BCUT2D eigenvalue weighted by atomic mass is 32.2. The maximum atomic E-state index is 9.96. The van der Waals surface area contributed by atoms with Crippen LogP contribution in [0.2, 0.25) is 0 Å². The normalized spacial score (nSPS) is 8.12. The van der Waals surface area contributed by atoms with Gasteiger partial charge in [0.25, 0.3) is 0 Å². The molecule has 0 aromatic heterocycles. The van der Waals surface area contributed by atoms with Gasteiger partial charge in [-0.15, -0.1) is 0 Å². The van der Waals surface area contributed by atoms with Gasteiger partial charge in [-0.05, 0) is 0 Å². The van der Waals surface area contributed by atoms with Crippen molar-refractivity contribution in [3.63, 3.8) is 0 Å². The highest BCUT2D eigenvalue weighted by molar-refractivity contribution is 7.60. The fourth-order valence-corrected chi connectivity index (χ4v) is 0.294. The van der Waals surface area contributed by atoms with E-state index in [1.807, 2.05) is 0 Å². The zero-order chi connectivity index (χ0) is 6.57. The van der Waals surface area contributed by atoms with E-state index >= 15 is 0 Å². The molecule has 0 heterocycles. The van der Waals surface area contributed by atoms with Crippen LogP contribution in [0.5, 0.6) is 0 Å². The summed E-state index contributed by atoms with van der Waals surface area (Å²) in [5, 5.41) is 0. The Labute approximate surface area is 49.5 Å². The second-order valence-corrected chi connectivity index (χ2v) is 1.34. The van der Waals surface area contributed by atoms with Crippen molar-refractivity contribution in [3.05, 3.63) is 0 Å². The Morgan fingerprint density at radius 2 is 2.00 bits per heavy atom. The molecular weight excluding hydrogens is 132 g/mol. The highest BCUT2D eigenvalue weighted by Gasteiger charge is 2.06. The lowest BCUT2D eigenvalue weighted by atomic mass is 10.5. The van der Waals surface area contributed by atoms with E-state index in [2.05, 4.69) is 4.18 Å². The molecular formula is C3H4O4S. The zero-order valence-electron chi connectivity index (χ0n) is 4.08. The molecule has 0 rings (SSSR count). The van der Waals surface area contributed by atoms with Gasteiger partial charge < -0.3 is 4.18 Å². The molecule has 8 heavy (non-hydrogen) atoms. The van der Waals surface area contributed by atoms with E-state index in [-0.39, 0.29) is 0 Å². The maximum absolute atomic E-state index is 9.96. The fourth-order valence-electron chi connectivity index (χ4n) is 0.0981. The molecule has 4 nitrogen and oxygen atoms in total. The average Bonchev–Trinajstić information content (AvgIpc) is 1.67. The Balaban J connectivity index is 3.65. The Kier molecular flexibility index (Phi) is 3.02. The topological polar surface area (TPSA) is 60.4 Å². The van der Waals surface area contributed by atoms with Crippen molar-refractivity contribution in [1.29, 1.82) is 0 Å². The van der Waals surface area contributed by atoms with Crippen LogP contribution in [0.15, 0.2) is 0 Å². The second kappa shape index (κ2) is 3.31. The summed E-state index contributed by atoms with van der Waals surface area (Å²) < 4.78 is 13.2. The molecule has 46 valence electrons. The van der Waals surface area contributed by atoms with E-state index in [0.29, 0.717) is 0 Å². The highest BCUT2D eigenvalue weighted by Crippen LogP contribution is 1.75. The van der Waals surface area contributed by atoms with E-state index in [9.17, 15) is 13.8 Å². The number of carbonyl (C=O) groups excluding carboxylic acids is 2. The van der Waals surface area contributed by atoms with E-state index in [0.717, 1.165) is 6.92 Å². The summed E-state index contributed by atoms with van der Waals surface area (Å²) in [6, 6.07) is 0. The number of ketones is 1. The van der Waals surface area contributed by atoms with Crippen molar-refractivity contribution < 1.29 is 18.0 Å². The standard InChI is InChI=1S/C3H4O4S/c1-2(4)3(5)7-8-6/h8H,1H3. The van der Waals surface area contributed by atoms with E-state index in [1.54, 1.807) is 0 Å². The predicted molar refractivity (Wildman–Crippen MR) is 26.3 cm³/mol. The van der Waals surface area contributed by atoms with Gasteiger partial charge in [0.05, 0.1) is 0 Å². The van der Waals surface area contributed by atoms with Crippen molar-refractivity contribution in [3.8, 4) is 0 Å².